The van der Waals surface area contributed by atoms with Gasteiger partial charge in [0.15, 0.2) is 0 Å². The lowest BCUT2D eigenvalue weighted by Crippen LogP contribution is -2.51. The maximum Gasteiger partial charge on any atom is 0.410 e. The minimum atomic E-state index is -3.16. The van der Waals surface area contributed by atoms with Gasteiger partial charge < -0.3 is 14.4 Å². The highest BCUT2D eigenvalue weighted by atomic mass is 19.3. The van der Waals surface area contributed by atoms with Gasteiger partial charge in [-0.05, 0) is 40.2 Å². The fourth-order valence-electron chi connectivity index (χ4n) is 4.27. The van der Waals surface area contributed by atoms with Crippen molar-refractivity contribution in [3.8, 4) is 0 Å². The molecule has 0 aliphatic carbocycles. The van der Waals surface area contributed by atoms with Crippen molar-refractivity contribution in [1.82, 2.24) is 20.3 Å². The van der Waals surface area contributed by atoms with Crippen LogP contribution in [0.3, 0.4) is 0 Å². The van der Waals surface area contributed by atoms with Gasteiger partial charge in [0.2, 0.25) is 0 Å². The molecule has 0 saturated carbocycles. The number of amides is 4. The van der Waals surface area contributed by atoms with Crippen molar-refractivity contribution in [1.29, 1.82) is 0 Å². The van der Waals surface area contributed by atoms with Crippen LogP contribution in [0.15, 0.2) is 11.6 Å². The Bertz CT molecular complexity index is 957. The van der Waals surface area contributed by atoms with E-state index >= 15 is 0 Å². The Morgan fingerprint density at radius 1 is 1.27 bits per heavy atom. The summed E-state index contributed by atoms with van der Waals surface area (Å²) in [6.45, 7) is 6.42. The lowest BCUT2D eigenvalue weighted by atomic mass is 10.0. The van der Waals surface area contributed by atoms with Crippen LogP contribution in [0.25, 0.3) is 0 Å². The molecule has 0 spiro atoms. The average molecular weight is 537 g/mol. The molecule has 4 amide bonds. The molecule has 3 rings (SSSR count). The van der Waals surface area contributed by atoms with Crippen LogP contribution in [0, 0.1) is 0 Å². The molecule has 37 heavy (non-hydrogen) atoms. The summed E-state index contributed by atoms with van der Waals surface area (Å²) in [7, 11) is 0. The number of hydroxylamine groups is 3. The van der Waals surface area contributed by atoms with Crippen LogP contribution >= 0.6 is 0 Å². The van der Waals surface area contributed by atoms with Gasteiger partial charge in [0.05, 0.1) is 38.4 Å². The zero-order valence-corrected chi connectivity index (χ0v) is 21.2. The second-order valence-electron chi connectivity index (χ2n) is 9.91. The molecule has 12 nitrogen and oxygen atoms in total. The van der Waals surface area contributed by atoms with Crippen LogP contribution in [-0.2, 0) is 28.7 Å². The van der Waals surface area contributed by atoms with Gasteiger partial charge in [-0.2, -0.15) is 5.06 Å². The SMILES string of the molecule is CCOC(=O)[C@H](F)ON1C(=O)N2CC1C=C(C)[C@H]2C(=O)NOC[C@@H]1CC(F)(F)CN1C(=O)OC(C)(C)C. The molecule has 3 aliphatic heterocycles. The fraction of sp³-hybridized carbons (Fsp3) is 0.727. The van der Waals surface area contributed by atoms with Crippen LogP contribution in [-0.4, -0.2) is 101 Å². The van der Waals surface area contributed by atoms with Gasteiger partial charge in [0.25, 0.3) is 11.8 Å². The van der Waals surface area contributed by atoms with Crippen LogP contribution in [0.2, 0.25) is 0 Å². The average Bonchev–Trinajstić information content (AvgIpc) is 3.21. The number of ether oxygens (including phenoxy) is 2. The maximum absolute atomic E-state index is 14.0. The van der Waals surface area contributed by atoms with E-state index in [1.54, 1.807) is 27.7 Å². The van der Waals surface area contributed by atoms with Crippen molar-refractivity contribution in [2.45, 2.75) is 77.0 Å². The van der Waals surface area contributed by atoms with E-state index < -0.39 is 79.6 Å². The Kier molecular flexibility index (Phi) is 8.27. The predicted molar refractivity (Wildman–Crippen MR) is 118 cm³/mol. The molecule has 1 unspecified atom stereocenters. The third kappa shape index (κ3) is 6.63. The van der Waals surface area contributed by atoms with Gasteiger partial charge >= 0.3 is 24.5 Å². The molecule has 2 bridgehead atoms. The van der Waals surface area contributed by atoms with Crippen LogP contribution in [0.1, 0.15) is 41.0 Å². The van der Waals surface area contributed by atoms with Gasteiger partial charge in [0, 0.05) is 6.42 Å². The molecule has 2 saturated heterocycles. The lowest BCUT2D eigenvalue weighted by molar-refractivity contribution is -0.223. The zero-order valence-electron chi connectivity index (χ0n) is 21.2. The van der Waals surface area contributed by atoms with E-state index in [4.69, 9.17) is 14.4 Å². The number of hydrogen-bond acceptors (Lipinski definition) is 8. The molecule has 3 aliphatic rings. The van der Waals surface area contributed by atoms with Gasteiger partial charge in [-0.15, -0.1) is 0 Å². The predicted octanol–water partition coefficient (Wildman–Crippen LogP) is 1.90. The second kappa shape index (κ2) is 10.7. The largest absolute Gasteiger partial charge is 0.462 e. The molecule has 3 heterocycles. The first kappa shape index (κ1) is 28.5. The highest BCUT2D eigenvalue weighted by Crippen LogP contribution is 2.33. The first-order valence-electron chi connectivity index (χ1n) is 11.7. The normalized spacial score (nSPS) is 25.6. The molecular weight excluding hydrogens is 505 g/mol. The highest BCUT2D eigenvalue weighted by Gasteiger charge is 2.50. The smallest absolute Gasteiger partial charge is 0.410 e. The van der Waals surface area contributed by atoms with Gasteiger partial charge in [-0.1, -0.05) is 6.08 Å². The van der Waals surface area contributed by atoms with E-state index in [1.807, 2.05) is 0 Å². The number of likely N-dealkylation sites (tertiary alicyclic amines) is 1. The Hall–Kier alpha value is -3.07. The minimum Gasteiger partial charge on any atom is -0.462 e. The Balaban J connectivity index is 1.59. The molecule has 2 fully saturated rings. The van der Waals surface area contributed by atoms with Crippen molar-refractivity contribution >= 4 is 24.0 Å². The number of nitrogens with one attached hydrogen (secondary N) is 1. The Morgan fingerprint density at radius 2 is 1.95 bits per heavy atom. The van der Waals surface area contributed by atoms with Crippen molar-refractivity contribution in [2.24, 2.45) is 0 Å². The molecule has 15 heteroatoms. The number of fused-ring (bicyclic) bond motifs is 2. The summed E-state index contributed by atoms with van der Waals surface area (Å²) in [5.41, 5.74) is 1.65. The van der Waals surface area contributed by atoms with Crippen molar-refractivity contribution in [2.75, 3.05) is 26.3 Å². The number of urea groups is 1. The number of carbonyl (C=O) groups excluding carboxylic acids is 4. The van der Waals surface area contributed by atoms with E-state index in [-0.39, 0.29) is 13.2 Å². The number of halogens is 3. The van der Waals surface area contributed by atoms with Gasteiger partial charge in [-0.3, -0.25) is 14.5 Å². The van der Waals surface area contributed by atoms with E-state index in [1.165, 1.54) is 13.0 Å². The quantitative estimate of drug-likeness (QED) is 0.283. The standard InChI is InChI=1S/C22H31F3N4O8/c1-6-34-18(31)16(23)37-29-13-7-12(2)15(27(9-13)19(29)32)17(30)26-35-10-14-8-22(24,25)11-28(14)20(33)36-21(3,4)5/h7,13-16H,6,8-11H2,1-5H3,(H,26,30)/t13?,14-,15-,16+/m0/s1. The summed E-state index contributed by atoms with van der Waals surface area (Å²) >= 11 is 0. The number of carbonyl (C=O) groups is 4. The van der Waals surface area contributed by atoms with Crippen LogP contribution in [0.4, 0.5) is 22.8 Å². The molecule has 4 atom stereocenters. The highest BCUT2D eigenvalue weighted by molar-refractivity contribution is 5.91. The maximum atomic E-state index is 14.0. The van der Waals surface area contributed by atoms with E-state index in [2.05, 4.69) is 10.2 Å². The zero-order chi connectivity index (χ0) is 27.7. The summed E-state index contributed by atoms with van der Waals surface area (Å²) in [5.74, 6) is -5.25. The van der Waals surface area contributed by atoms with Crippen molar-refractivity contribution < 1.29 is 51.5 Å². The third-order valence-corrected chi connectivity index (χ3v) is 5.70. The van der Waals surface area contributed by atoms with E-state index in [0.717, 1.165) is 9.80 Å². The number of alkyl halides is 3. The molecule has 0 radical (unpaired) electrons. The van der Waals surface area contributed by atoms with E-state index in [0.29, 0.717) is 10.6 Å². The second-order valence-corrected chi connectivity index (χ2v) is 9.91. The first-order valence-corrected chi connectivity index (χ1v) is 11.7. The fourth-order valence-corrected chi connectivity index (χ4v) is 4.27. The van der Waals surface area contributed by atoms with Crippen molar-refractivity contribution in [3.63, 3.8) is 0 Å². The number of nitrogens with zero attached hydrogens (tertiary/aromatic N) is 3. The third-order valence-electron chi connectivity index (χ3n) is 5.70. The van der Waals surface area contributed by atoms with Gasteiger partial charge in [0.1, 0.15) is 11.6 Å². The summed E-state index contributed by atoms with van der Waals surface area (Å²) in [6.07, 6.45) is -2.65. The number of esters is 1. The number of hydrogen-bond donors (Lipinski definition) is 1. The van der Waals surface area contributed by atoms with Gasteiger partial charge in [-0.25, -0.2) is 37.9 Å². The number of rotatable bonds is 8. The molecule has 208 valence electrons. The molecule has 0 aromatic carbocycles. The summed E-state index contributed by atoms with van der Waals surface area (Å²) in [6, 6.07) is -3.85. The Labute approximate surface area is 211 Å². The topological polar surface area (TPSA) is 127 Å². The molecule has 0 aromatic rings. The molecule has 1 N–H and O–H groups in total. The summed E-state index contributed by atoms with van der Waals surface area (Å²) < 4.78 is 51.8. The van der Waals surface area contributed by atoms with E-state index in [9.17, 15) is 32.3 Å². The minimum absolute atomic E-state index is 0.0366. The molecule has 0 aromatic heterocycles. The first-order chi connectivity index (χ1) is 17.1. The van der Waals surface area contributed by atoms with Crippen LogP contribution in [0.5, 0.6) is 0 Å². The Morgan fingerprint density at radius 3 is 2.57 bits per heavy atom. The van der Waals surface area contributed by atoms with Crippen LogP contribution < -0.4 is 5.48 Å². The molecular formula is C22H31F3N4O8. The lowest BCUT2D eigenvalue weighted by Gasteiger charge is -2.30. The summed E-state index contributed by atoms with van der Waals surface area (Å²) in [5, 5.41) is 0.651. The summed E-state index contributed by atoms with van der Waals surface area (Å²) in [4.78, 5) is 61.4. The monoisotopic (exact) mass is 536 g/mol. The van der Waals surface area contributed by atoms with Crippen molar-refractivity contribution in [3.05, 3.63) is 11.6 Å².